The van der Waals surface area contributed by atoms with Crippen LogP contribution in [0.25, 0.3) is 0 Å². The molecule has 0 saturated heterocycles. The maximum atomic E-state index is 4.41. The monoisotopic (exact) mass is 202 g/mol. The summed E-state index contributed by atoms with van der Waals surface area (Å²) in [5.41, 5.74) is 3.30. The average molecular weight is 202 g/mol. The summed E-state index contributed by atoms with van der Waals surface area (Å²) in [6.07, 6.45) is 9.09. The van der Waals surface area contributed by atoms with Crippen LogP contribution >= 0.6 is 0 Å². The van der Waals surface area contributed by atoms with Crippen molar-refractivity contribution in [1.29, 1.82) is 0 Å². The second-order valence-corrected chi connectivity index (χ2v) is 3.85. The summed E-state index contributed by atoms with van der Waals surface area (Å²) >= 11 is 0. The van der Waals surface area contributed by atoms with Crippen molar-refractivity contribution < 1.29 is 0 Å². The maximum absolute atomic E-state index is 4.41. The van der Waals surface area contributed by atoms with E-state index in [4.69, 9.17) is 0 Å². The first-order valence-corrected chi connectivity index (χ1v) is 5.20. The van der Waals surface area contributed by atoms with Gasteiger partial charge in [-0.05, 0) is 38.6 Å². The molecular formula is C13H18N2. The number of hydrogen-bond acceptors (Lipinski definition) is 2. The van der Waals surface area contributed by atoms with E-state index in [9.17, 15) is 0 Å². The molecule has 0 aromatic rings. The van der Waals surface area contributed by atoms with Crippen LogP contribution in [0.5, 0.6) is 0 Å². The molecule has 0 fully saturated rings. The first-order valence-electron chi connectivity index (χ1n) is 5.20. The van der Waals surface area contributed by atoms with Gasteiger partial charge in [0.05, 0.1) is 0 Å². The SMILES string of the molecule is C=N/C(C)=C\C=C(/C)C1=NC=CCC1C. The van der Waals surface area contributed by atoms with E-state index in [2.05, 4.69) is 42.7 Å². The number of nitrogens with zero attached hydrogens (tertiary/aromatic N) is 2. The zero-order valence-electron chi connectivity index (χ0n) is 9.70. The number of allylic oxidation sites excluding steroid dienone is 5. The lowest BCUT2D eigenvalue weighted by Gasteiger charge is -2.15. The molecule has 80 valence electrons. The molecule has 15 heavy (non-hydrogen) atoms. The molecule has 1 rings (SSSR count). The van der Waals surface area contributed by atoms with E-state index >= 15 is 0 Å². The number of aliphatic imine (C=N–C) groups is 2. The Bertz CT molecular complexity index is 357. The van der Waals surface area contributed by atoms with Gasteiger partial charge in [0.2, 0.25) is 0 Å². The van der Waals surface area contributed by atoms with E-state index in [1.54, 1.807) is 0 Å². The van der Waals surface area contributed by atoms with Crippen LogP contribution in [0.15, 0.2) is 45.7 Å². The lowest BCUT2D eigenvalue weighted by molar-refractivity contribution is 0.776. The van der Waals surface area contributed by atoms with Gasteiger partial charge in [0.1, 0.15) is 0 Å². The first kappa shape index (κ1) is 11.6. The van der Waals surface area contributed by atoms with Crippen LogP contribution in [0.3, 0.4) is 0 Å². The van der Waals surface area contributed by atoms with Gasteiger partial charge in [0, 0.05) is 23.5 Å². The molecule has 1 heterocycles. The Hall–Kier alpha value is -1.44. The van der Waals surface area contributed by atoms with E-state index < -0.39 is 0 Å². The highest BCUT2D eigenvalue weighted by Crippen LogP contribution is 2.17. The predicted octanol–water partition coefficient (Wildman–Crippen LogP) is 3.53. The Morgan fingerprint density at radius 1 is 1.53 bits per heavy atom. The van der Waals surface area contributed by atoms with Gasteiger partial charge >= 0.3 is 0 Å². The minimum Gasteiger partial charge on any atom is -0.269 e. The van der Waals surface area contributed by atoms with Crippen LogP contribution in [-0.4, -0.2) is 12.4 Å². The van der Waals surface area contributed by atoms with Crippen molar-refractivity contribution >= 4 is 12.4 Å². The van der Waals surface area contributed by atoms with Crippen molar-refractivity contribution in [1.82, 2.24) is 0 Å². The minimum atomic E-state index is 0.511. The molecule has 0 saturated carbocycles. The van der Waals surface area contributed by atoms with Gasteiger partial charge in [-0.2, -0.15) is 0 Å². The summed E-state index contributed by atoms with van der Waals surface area (Å²) in [5, 5.41) is 0. The minimum absolute atomic E-state index is 0.511. The summed E-state index contributed by atoms with van der Waals surface area (Å²) in [6, 6.07) is 0. The summed E-state index contributed by atoms with van der Waals surface area (Å²) < 4.78 is 0. The molecule has 1 unspecified atom stereocenters. The quantitative estimate of drug-likeness (QED) is 0.494. The van der Waals surface area contributed by atoms with Crippen molar-refractivity contribution in [2.45, 2.75) is 27.2 Å². The Morgan fingerprint density at radius 2 is 2.27 bits per heavy atom. The Labute approximate surface area is 91.8 Å². The van der Waals surface area contributed by atoms with Crippen LogP contribution in [0.2, 0.25) is 0 Å². The van der Waals surface area contributed by atoms with Gasteiger partial charge in [0.25, 0.3) is 0 Å². The molecule has 1 aliphatic heterocycles. The first-order chi connectivity index (χ1) is 7.15. The molecule has 0 N–H and O–H groups in total. The normalized spacial score (nSPS) is 22.6. The van der Waals surface area contributed by atoms with Crippen molar-refractivity contribution in [2.24, 2.45) is 15.9 Å². The molecule has 2 heteroatoms. The second-order valence-electron chi connectivity index (χ2n) is 3.85. The van der Waals surface area contributed by atoms with Crippen molar-refractivity contribution in [3.8, 4) is 0 Å². The van der Waals surface area contributed by atoms with Gasteiger partial charge in [-0.3, -0.25) is 9.98 Å². The highest BCUT2D eigenvalue weighted by Gasteiger charge is 2.12. The molecule has 0 aliphatic carbocycles. The molecule has 0 bridgehead atoms. The number of rotatable bonds is 3. The third-order valence-corrected chi connectivity index (χ3v) is 2.50. The molecule has 1 aliphatic rings. The molecular weight excluding hydrogens is 184 g/mol. The second kappa shape index (κ2) is 5.44. The third kappa shape index (κ3) is 3.31. The van der Waals surface area contributed by atoms with Gasteiger partial charge < -0.3 is 0 Å². The van der Waals surface area contributed by atoms with Gasteiger partial charge in [0.15, 0.2) is 0 Å². The van der Waals surface area contributed by atoms with Crippen molar-refractivity contribution in [3.63, 3.8) is 0 Å². The van der Waals surface area contributed by atoms with Gasteiger partial charge in [-0.15, -0.1) is 0 Å². The zero-order chi connectivity index (χ0) is 11.3. The molecule has 0 aromatic carbocycles. The third-order valence-electron chi connectivity index (χ3n) is 2.50. The van der Waals surface area contributed by atoms with E-state index in [-0.39, 0.29) is 0 Å². The van der Waals surface area contributed by atoms with E-state index in [1.807, 2.05) is 19.2 Å². The molecule has 0 spiro atoms. The zero-order valence-corrected chi connectivity index (χ0v) is 9.70. The molecule has 0 amide bonds. The fourth-order valence-electron chi connectivity index (χ4n) is 1.51. The van der Waals surface area contributed by atoms with Crippen LogP contribution in [0, 0.1) is 5.92 Å². The topological polar surface area (TPSA) is 24.7 Å². The molecule has 2 nitrogen and oxygen atoms in total. The van der Waals surface area contributed by atoms with Crippen LogP contribution in [0.4, 0.5) is 0 Å². The summed E-state index contributed by atoms with van der Waals surface area (Å²) in [4.78, 5) is 8.24. The smallest absolute Gasteiger partial charge is 0.0463 e. The van der Waals surface area contributed by atoms with E-state index in [1.165, 1.54) is 11.3 Å². The van der Waals surface area contributed by atoms with Crippen LogP contribution in [0.1, 0.15) is 27.2 Å². The highest BCUT2D eigenvalue weighted by atomic mass is 14.7. The standard InChI is InChI=1S/C13H18N2/c1-10-6-5-9-15-13(10)11(2)7-8-12(3)14-4/h5,7-10H,4,6H2,1-3H3/b11-7+,12-8-. The largest absolute Gasteiger partial charge is 0.269 e. The average Bonchev–Trinajstić information content (AvgIpc) is 2.26. The lowest BCUT2D eigenvalue weighted by atomic mass is 9.94. The fraction of sp³-hybridized carbons (Fsp3) is 0.385. The van der Waals surface area contributed by atoms with E-state index in [0.29, 0.717) is 5.92 Å². The Morgan fingerprint density at radius 3 is 2.87 bits per heavy atom. The lowest BCUT2D eigenvalue weighted by Crippen LogP contribution is -2.13. The Balaban J connectivity index is 2.84. The fourth-order valence-corrected chi connectivity index (χ4v) is 1.51. The van der Waals surface area contributed by atoms with Gasteiger partial charge in [-0.25, -0.2) is 0 Å². The van der Waals surface area contributed by atoms with E-state index in [0.717, 1.165) is 12.1 Å². The van der Waals surface area contributed by atoms with Crippen molar-refractivity contribution in [3.05, 3.63) is 35.7 Å². The summed E-state index contributed by atoms with van der Waals surface area (Å²) in [5.74, 6) is 0.511. The maximum Gasteiger partial charge on any atom is 0.0463 e. The molecule has 1 atom stereocenters. The summed E-state index contributed by atoms with van der Waals surface area (Å²) in [7, 11) is 0. The molecule has 0 radical (unpaired) electrons. The van der Waals surface area contributed by atoms with Crippen LogP contribution < -0.4 is 0 Å². The van der Waals surface area contributed by atoms with Gasteiger partial charge in [-0.1, -0.05) is 19.1 Å². The predicted molar refractivity (Wildman–Crippen MR) is 67.4 cm³/mol. The van der Waals surface area contributed by atoms with Crippen LogP contribution in [-0.2, 0) is 0 Å². The van der Waals surface area contributed by atoms with Crippen molar-refractivity contribution in [2.75, 3.05) is 0 Å². The molecule has 0 aromatic heterocycles. The highest BCUT2D eigenvalue weighted by molar-refractivity contribution is 6.02. The Kier molecular flexibility index (Phi) is 4.22. The summed E-state index contributed by atoms with van der Waals surface area (Å²) in [6.45, 7) is 9.69. The number of hydrogen-bond donors (Lipinski definition) is 0.